The average Bonchev–Trinajstić information content (AvgIpc) is 2.39. The maximum atomic E-state index is 8.63. The molecule has 0 bridgehead atoms. The van der Waals surface area contributed by atoms with Gasteiger partial charge in [-0.25, -0.2) is 0 Å². The molecule has 0 unspecified atom stereocenters. The van der Waals surface area contributed by atoms with E-state index in [1.807, 2.05) is 6.07 Å². The largest absolute Gasteiger partial charge is 0.508 e. The van der Waals surface area contributed by atoms with Gasteiger partial charge in [-0.05, 0) is 12.1 Å². The highest BCUT2D eigenvalue weighted by molar-refractivity contribution is 5.18. The Hall–Kier alpha value is -1.18. The average molecular weight is 248 g/mol. The quantitative estimate of drug-likeness (QED) is 0.395. The second-order valence-corrected chi connectivity index (χ2v) is 2.80. The molecule has 0 saturated carbocycles. The van der Waals surface area contributed by atoms with Gasteiger partial charge in [0.1, 0.15) is 11.9 Å². The number of hydrogen-bond donors (Lipinski definition) is 6. The van der Waals surface area contributed by atoms with Crippen LogP contribution in [-0.2, 0) is 0 Å². The maximum Gasteiger partial charge on any atom is 0.115 e. The standard InChI is InChI=1S/C6H6O.C3H8O3.C2H6O2/c7-6-4-2-1-3-5-6;4-1-3(6)2-5;3-1-2-4/h1-5,7H;3-6H,1-2H2;3-4H,1-2H2. The third-order valence-corrected chi connectivity index (χ3v) is 1.28. The molecule has 17 heavy (non-hydrogen) atoms. The van der Waals surface area contributed by atoms with E-state index in [1.54, 1.807) is 24.3 Å². The molecular formula is C11H20O6. The van der Waals surface area contributed by atoms with Gasteiger partial charge in [0, 0.05) is 0 Å². The number of benzene rings is 1. The molecule has 0 heterocycles. The monoisotopic (exact) mass is 248 g/mol. The van der Waals surface area contributed by atoms with Crippen LogP contribution in [-0.4, -0.2) is 63.2 Å². The molecular weight excluding hydrogens is 228 g/mol. The second kappa shape index (κ2) is 14.8. The lowest BCUT2D eigenvalue weighted by Crippen LogP contribution is -2.15. The number of phenolic OH excluding ortho intramolecular Hbond substituents is 1. The number of aromatic hydroxyl groups is 1. The minimum atomic E-state index is -0.954. The first-order valence-corrected chi connectivity index (χ1v) is 4.97. The number of aliphatic hydroxyl groups is 5. The van der Waals surface area contributed by atoms with E-state index in [-0.39, 0.29) is 26.4 Å². The van der Waals surface area contributed by atoms with Crippen LogP contribution in [0.2, 0.25) is 0 Å². The topological polar surface area (TPSA) is 121 Å². The number of phenols is 1. The van der Waals surface area contributed by atoms with Gasteiger partial charge in [0.25, 0.3) is 0 Å². The molecule has 0 atom stereocenters. The van der Waals surface area contributed by atoms with Crippen molar-refractivity contribution in [1.82, 2.24) is 0 Å². The molecule has 0 aromatic heterocycles. The highest BCUT2D eigenvalue weighted by Gasteiger charge is 1.93. The molecule has 0 aliphatic rings. The summed E-state index contributed by atoms with van der Waals surface area (Å²) in [5, 5.41) is 47.9. The molecule has 0 radical (unpaired) electrons. The van der Waals surface area contributed by atoms with Crippen molar-refractivity contribution < 1.29 is 30.6 Å². The Kier molecular flexibility index (Phi) is 15.9. The SMILES string of the molecule is OCC(O)CO.OCCO.Oc1ccccc1. The van der Waals surface area contributed by atoms with Crippen LogP contribution in [0.1, 0.15) is 0 Å². The van der Waals surface area contributed by atoms with E-state index in [0.29, 0.717) is 5.75 Å². The van der Waals surface area contributed by atoms with Crippen LogP contribution in [0.25, 0.3) is 0 Å². The molecule has 0 spiro atoms. The summed E-state index contributed by atoms with van der Waals surface area (Å²) in [6.45, 7) is -0.979. The van der Waals surface area contributed by atoms with Gasteiger partial charge in [-0.1, -0.05) is 18.2 Å². The fourth-order valence-electron chi connectivity index (χ4n) is 0.486. The molecule has 100 valence electrons. The second-order valence-electron chi connectivity index (χ2n) is 2.80. The van der Waals surface area contributed by atoms with Gasteiger partial charge in [0.05, 0.1) is 26.4 Å². The lowest BCUT2D eigenvalue weighted by atomic mass is 10.3. The number of hydrogen-bond acceptors (Lipinski definition) is 6. The van der Waals surface area contributed by atoms with Crippen LogP contribution in [0.3, 0.4) is 0 Å². The Balaban J connectivity index is 0. The van der Waals surface area contributed by atoms with Gasteiger partial charge in [-0.15, -0.1) is 0 Å². The van der Waals surface area contributed by atoms with Gasteiger partial charge in [0.2, 0.25) is 0 Å². The van der Waals surface area contributed by atoms with Gasteiger partial charge in [-0.2, -0.15) is 0 Å². The summed E-state index contributed by atoms with van der Waals surface area (Å²) >= 11 is 0. The Morgan fingerprint density at radius 1 is 0.824 bits per heavy atom. The van der Waals surface area contributed by atoms with Crippen LogP contribution in [0.4, 0.5) is 0 Å². The molecule has 6 nitrogen and oxygen atoms in total. The summed E-state index contributed by atoms with van der Waals surface area (Å²) in [6, 6.07) is 8.71. The molecule has 1 aromatic carbocycles. The van der Waals surface area contributed by atoms with Crippen LogP contribution >= 0.6 is 0 Å². The molecule has 0 aliphatic carbocycles. The number of rotatable bonds is 3. The van der Waals surface area contributed by atoms with Crippen LogP contribution in [0.15, 0.2) is 30.3 Å². The fraction of sp³-hybridized carbons (Fsp3) is 0.455. The molecule has 1 rings (SSSR count). The van der Waals surface area contributed by atoms with Crippen molar-refractivity contribution in [2.24, 2.45) is 0 Å². The zero-order chi connectivity index (χ0) is 13.5. The molecule has 6 heteroatoms. The molecule has 0 saturated heterocycles. The smallest absolute Gasteiger partial charge is 0.115 e. The van der Waals surface area contributed by atoms with Crippen LogP contribution in [0, 0.1) is 0 Å². The van der Waals surface area contributed by atoms with Gasteiger partial charge in [0.15, 0.2) is 0 Å². The van der Waals surface area contributed by atoms with Crippen LogP contribution in [0.5, 0.6) is 5.75 Å². The number of para-hydroxylation sites is 1. The zero-order valence-electron chi connectivity index (χ0n) is 9.48. The predicted molar refractivity (Wildman–Crippen MR) is 62.5 cm³/mol. The molecule has 0 fully saturated rings. The van der Waals surface area contributed by atoms with E-state index >= 15 is 0 Å². The zero-order valence-corrected chi connectivity index (χ0v) is 9.48. The van der Waals surface area contributed by atoms with E-state index in [2.05, 4.69) is 0 Å². The fourth-order valence-corrected chi connectivity index (χ4v) is 0.486. The Morgan fingerprint density at radius 3 is 1.35 bits per heavy atom. The lowest BCUT2D eigenvalue weighted by Gasteiger charge is -1.96. The van der Waals surface area contributed by atoms with Gasteiger partial charge < -0.3 is 30.6 Å². The van der Waals surface area contributed by atoms with Crippen LogP contribution < -0.4 is 0 Å². The van der Waals surface area contributed by atoms with Crippen molar-refractivity contribution in [1.29, 1.82) is 0 Å². The van der Waals surface area contributed by atoms with Crippen molar-refractivity contribution in [2.75, 3.05) is 26.4 Å². The summed E-state index contributed by atoms with van der Waals surface area (Å²) in [4.78, 5) is 0. The highest BCUT2D eigenvalue weighted by atomic mass is 16.3. The summed E-state index contributed by atoms with van der Waals surface area (Å²) in [5.41, 5.74) is 0. The molecule has 1 aromatic rings. The molecule has 6 N–H and O–H groups in total. The lowest BCUT2D eigenvalue weighted by molar-refractivity contribution is 0.0450. The van der Waals surface area contributed by atoms with Crippen molar-refractivity contribution in [3.8, 4) is 5.75 Å². The third kappa shape index (κ3) is 17.4. The normalized spacial score (nSPS) is 8.82. The van der Waals surface area contributed by atoms with Crippen molar-refractivity contribution >= 4 is 0 Å². The van der Waals surface area contributed by atoms with E-state index < -0.39 is 6.10 Å². The minimum absolute atomic E-state index is 0.125. The first-order chi connectivity index (χ1) is 8.12. The summed E-state index contributed by atoms with van der Waals surface area (Å²) in [7, 11) is 0. The van der Waals surface area contributed by atoms with E-state index in [9.17, 15) is 0 Å². The van der Waals surface area contributed by atoms with Crippen molar-refractivity contribution in [3.63, 3.8) is 0 Å². The molecule has 0 amide bonds. The van der Waals surface area contributed by atoms with E-state index in [0.717, 1.165) is 0 Å². The molecule has 0 aliphatic heterocycles. The first kappa shape index (κ1) is 18.2. The van der Waals surface area contributed by atoms with E-state index in [4.69, 9.17) is 30.6 Å². The Morgan fingerprint density at radius 2 is 1.24 bits per heavy atom. The highest BCUT2D eigenvalue weighted by Crippen LogP contribution is 2.02. The maximum absolute atomic E-state index is 8.63. The van der Waals surface area contributed by atoms with Crippen molar-refractivity contribution in [3.05, 3.63) is 30.3 Å². The number of aliphatic hydroxyl groups excluding tert-OH is 5. The Labute approximate surface area is 100 Å². The Bertz CT molecular complexity index is 223. The summed E-state index contributed by atoms with van der Waals surface area (Å²) < 4.78 is 0. The summed E-state index contributed by atoms with van der Waals surface area (Å²) in [5.74, 6) is 0.322. The predicted octanol–water partition coefficient (Wildman–Crippen LogP) is -1.30. The minimum Gasteiger partial charge on any atom is -0.508 e. The summed E-state index contributed by atoms with van der Waals surface area (Å²) in [6.07, 6.45) is -0.954. The first-order valence-electron chi connectivity index (χ1n) is 4.97. The third-order valence-electron chi connectivity index (χ3n) is 1.28. The van der Waals surface area contributed by atoms with Crippen molar-refractivity contribution in [2.45, 2.75) is 6.10 Å². The van der Waals surface area contributed by atoms with Gasteiger partial charge >= 0.3 is 0 Å². The van der Waals surface area contributed by atoms with E-state index in [1.165, 1.54) is 0 Å². The van der Waals surface area contributed by atoms with Gasteiger partial charge in [-0.3, -0.25) is 0 Å².